The van der Waals surface area contributed by atoms with Gasteiger partial charge in [-0.2, -0.15) is 0 Å². The number of hydrogen-bond acceptors (Lipinski definition) is 5. The summed E-state index contributed by atoms with van der Waals surface area (Å²) in [6.45, 7) is 9.16. The first kappa shape index (κ1) is 22.6. The van der Waals surface area contributed by atoms with Gasteiger partial charge in [-0.05, 0) is 67.6 Å². The van der Waals surface area contributed by atoms with Crippen molar-refractivity contribution in [2.45, 2.75) is 62.2 Å². The van der Waals surface area contributed by atoms with Gasteiger partial charge in [0.2, 0.25) is 0 Å². The second-order valence-electron chi connectivity index (χ2n) is 9.94. The summed E-state index contributed by atoms with van der Waals surface area (Å²) in [6.07, 6.45) is 5.70. The first-order valence-corrected chi connectivity index (χ1v) is 12.2. The van der Waals surface area contributed by atoms with Gasteiger partial charge >= 0.3 is 5.97 Å². The Balaban J connectivity index is 1.66. The number of allylic oxidation sites excluding steroid dienone is 1. The molecule has 6 unspecified atom stereocenters. The summed E-state index contributed by atoms with van der Waals surface area (Å²) in [4.78, 5) is 13.6. The van der Waals surface area contributed by atoms with Gasteiger partial charge in [0.25, 0.3) is 0 Å². The van der Waals surface area contributed by atoms with Gasteiger partial charge in [-0.1, -0.05) is 44.2 Å². The monoisotopic (exact) mass is 442 g/mol. The SMILES string of the molecule is C=C1CCC2C(C)(CO)C(O)CCC2(C)C1CC(Sc1ccccc1)C1=CCOC1=O. The molecule has 0 spiro atoms. The third-order valence-corrected chi connectivity index (χ3v) is 9.54. The van der Waals surface area contributed by atoms with Crippen LogP contribution in [0.5, 0.6) is 0 Å². The van der Waals surface area contributed by atoms with Gasteiger partial charge in [-0.15, -0.1) is 11.8 Å². The minimum atomic E-state index is -0.500. The molecule has 5 heteroatoms. The van der Waals surface area contributed by atoms with Crippen LogP contribution < -0.4 is 0 Å². The lowest BCUT2D eigenvalue weighted by Gasteiger charge is -2.60. The molecule has 168 valence electrons. The molecular formula is C26H34O4S. The summed E-state index contributed by atoms with van der Waals surface area (Å²) in [5.41, 5.74) is 1.43. The Morgan fingerprint density at radius 2 is 2.00 bits per heavy atom. The second kappa shape index (κ2) is 8.76. The fourth-order valence-corrected chi connectivity index (χ4v) is 7.64. The standard InChI is InChI=1S/C26H34O4S/c1-17-9-10-22-25(2,13-11-23(28)26(22,3)16-27)20(17)15-21(19-12-14-30-24(19)29)31-18-7-5-4-6-8-18/h4-8,12,20-23,27-28H,1,9-11,13-16H2,2-3H3. The highest BCUT2D eigenvalue weighted by molar-refractivity contribution is 8.00. The summed E-state index contributed by atoms with van der Waals surface area (Å²) < 4.78 is 5.26. The van der Waals surface area contributed by atoms with Crippen LogP contribution in [0.1, 0.15) is 46.0 Å². The van der Waals surface area contributed by atoms with Crippen molar-refractivity contribution < 1.29 is 19.7 Å². The van der Waals surface area contributed by atoms with Crippen LogP contribution in [0.15, 0.2) is 59.0 Å². The molecule has 0 radical (unpaired) electrons. The van der Waals surface area contributed by atoms with Crippen LogP contribution in [-0.4, -0.2) is 40.8 Å². The number of ether oxygens (including phenoxy) is 1. The number of hydrogen-bond donors (Lipinski definition) is 2. The lowest BCUT2D eigenvalue weighted by Crippen LogP contribution is -2.57. The molecule has 4 nitrogen and oxygen atoms in total. The Morgan fingerprint density at radius 3 is 2.65 bits per heavy atom. The predicted octanol–water partition coefficient (Wildman–Crippen LogP) is 4.76. The van der Waals surface area contributed by atoms with E-state index in [-0.39, 0.29) is 35.1 Å². The minimum Gasteiger partial charge on any atom is -0.458 e. The smallest absolute Gasteiger partial charge is 0.335 e. The molecular weight excluding hydrogens is 408 g/mol. The molecule has 1 heterocycles. The molecule has 2 aliphatic carbocycles. The first-order chi connectivity index (χ1) is 14.8. The highest BCUT2D eigenvalue weighted by Crippen LogP contribution is 2.62. The third-order valence-electron chi connectivity index (χ3n) is 8.27. The lowest BCUT2D eigenvalue weighted by atomic mass is 9.46. The Bertz CT molecular complexity index is 865. The van der Waals surface area contributed by atoms with Gasteiger partial charge in [0, 0.05) is 21.1 Å². The summed E-state index contributed by atoms with van der Waals surface area (Å²) in [7, 11) is 0. The van der Waals surface area contributed by atoms with E-state index in [1.54, 1.807) is 11.8 Å². The van der Waals surface area contributed by atoms with Crippen molar-refractivity contribution in [3.63, 3.8) is 0 Å². The zero-order chi connectivity index (χ0) is 22.2. The molecule has 1 aromatic carbocycles. The maximum Gasteiger partial charge on any atom is 0.335 e. The number of carbonyl (C=O) groups is 1. The van der Waals surface area contributed by atoms with Crippen molar-refractivity contribution in [2.24, 2.45) is 22.7 Å². The van der Waals surface area contributed by atoms with E-state index < -0.39 is 11.5 Å². The maximum absolute atomic E-state index is 12.5. The van der Waals surface area contributed by atoms with Gasteiger partial charge in [0.15, 0.2) is 0 Å². The van der Waals surface area contributed by atoms with Gasteiger partial charge in [0.05, 0.1) is 12.7 Å². The van der Waals surface area contributed by atoms with E-state index in [2.05, 4.69) is 25.6 Å². The number of thioether (sulfide) groups is 1. The fourth-order valence-electron chi connectivity index (χ4n) is 6.39. The normalized spacial score (nSPS) is 36.5. The molecule has 1 aliphatic heterocycles. The molecule has 3 aliphatic rings. The quantitative estimate of drug-likeness (QED) is 0.378. The lowest BCUT2D eigenvalue weighted by molar-refractivity contribution is -0.152. The zero-order valence-electron chi connectivity index (χ0n) is 18.5. The summed E-state index contributed by atoms with van der Waals surface area (Å²) in [5.74, 6) is 0.229. The van der Waals surface area contributed by atoms with E-state index in [1.165, 1.54) is 5.57 Å². The van der Waals surface area contributed by atoms with Crippen molar-refractivity contribution in [3.8, 4) is 0 Å². The Morgan fingerprint density at radius 1 is 1.26 bits per heavy atom. The van der Waals surface area contributed by atoms with Crippen LogP contribution in [-0.2, 0) is 9.53 Å². The number of aliphatic hydroxyl groups is 2. The van der Waals surface area contributed by atoms with Gasteiger partial charge in [0.1, 0.15) is 6.61 Å². The molecule has 4 rings (SSSR count). The van der Waals surface area contributed by atoms with Crippen molar-refractivity contribution in [1.29, 1.82) is 0 Å². The topological polar surface area (TPSA) is 66.8 Å². The molecule has 31 heavy (non-hydrogen) atoms. The largest absolute Gasteiger partial charge is 0.458 e. The molecule has 0 saturated heterocycles. The van der Waals surface area contributed by atoms with Crippen LogP contribution >= 0.6 is 11.8 Å². The van der Waals surface area contributed by atoms with Crippen LogP contribution in [0.3, 0.4) is 0 Å². The van der Waals surface area contributed by atoms with E-state index in [9.17, 15) is 15.0 Å². The number of cyclic esters (lactones) is 1. The molecule has 0 amide bonds. The Hall–Kier alpha value is -1.56. The van der Waals surface area contributed by atoms with Gasteiger partial charge in [-0.25, -0.2) is 4.79 Å². The van der Waals surface area contributed by atoms with Crippen molar-refractivity contribution >= 4 is 17.7 Å². The molecule has 2 saturated carbocycles. The van der Waals surface area contributed by atoms with Crippen LogP contribution in [0.2, 0.25) is 0 Å². The number of benzene rings is 1. The van der Waals surface area contributed by atoms with E-state index in [4.69, 9.17) is 4.74 Å². The van der Waals surface area contributed by atoms with Crippen molar-refractivity contribution in [1.82, 2.24) is 0 Å². The molecule has 6 atom stereocenters. The molecule has 2 N–H and O–H groups in total. The number of esters is 1. The number of carbonyl (C=O) groups excluding carboxylic acids is 1. The number of aliphatic hydroxyl groups excluding tert-OH is 2. The molecule has 2 fully saturated rings. The summed E-state index contributed by atoms with van der Waals surface area (Å²) >= 11 is 1.72. The predicted molar refractivity (Wildman–Crippen MR) is 124 cm³/mol. The van der Waals surface area contributed by atoms with Gasteiger partial charge < -0.3 is 14.9 Å². The molecule has 0 aromatic heterocycles. The van der Waals surface area contributed by atoms with E-state index in [0.29, 0.717) is 13.0 Å². The highest BCUT2D eigenvalue weighted by Gasteiger charge is 2.58. The second-order valence-corrected chi connectivity index (χ2v) is 11.2. The highest BCUT2D eigenvalue weighted by atomic mass is 32.2. The Kier molecular flexibility index (Phi) is 6.39. The van der Waals surface area contributed by atoms with E-state index in [1.807, 2.05) is 31.2 Å². The average molecular weight is 443 g/mol. The Labute approximate surface area is 189 Å². The van der Waals surface area contributed by atoms with Crippen LogP contribution in [0.25, 0.3) is 0 Å². The minimum absolute atomic E-state index is 0.00665. The first-order valence-electron chi connectivity index (χ1n) is 11.3. The molecule has 0 bridgehead atoms. The van der Waals surface area contributed by atoms with E-state index >= 15 is 0 Å². The number of fused-ring (bicyclic) bond motifs is 1. The zero-order valence-corrected chi connectivity index (χ0v) is 19.4. The third kappa shape index (κ3) is 4.01. The maximum atomic E-state index is 12.5. The van der Waals surface area contributed by atoms with Crippen LogP contribution in [0.4, 0.5) is 0 Å². The van der Waals surface area contributed by atoms with Crippen molar-refractivity contribution in [3.05, 3.63) is 54.1 Å². The van der Waals surface area contributed by atoms with Crippen LogP contribution in [0, 0.1) is 22.7 Å². The summed E-state index contributed by atoms with van der Waals surface area (Å²) in [6, 6.07) is 10.2. The molecule has 1 aromatic rings. The van der Waals surface area contributed by atoms with E-state index in [0.717, 1.165) is 36.2 Å². The van der Waals surface area contributed by atoms with Crippen molar-refractivity contribution in [2.75, 3.05) is 13.2 Å². The number of rotatable bonds is 6. The average Bonchev–Trinajstić information content (AvgIpc) is 3.19. The van der Waals surface area contributed by atoms with Gasteiger partial charge in [-0.3, -0.25) is 0 Å². The fraction of sp³-hybridized carbons (Fsp3) is 0.577. The summed E-state index contributed by atoms with van der Waals surface area (Å²) in [5, 5.41) is 21.0.